The minimum absolute atomic E-state index is 0.442. The maximum Gasteiger partial charge on any atom is 0.374 e. The molecule has 0 saturated heterocycles. The molecule has 0 unspecified atom stereocenters. The van der Waals surface area contributed by atoms with Crippen LogP contribution < -0.4 is 9.47 Å². The Labute approximate surface area is 108 Å². The van der Waals surface area contributed by atoms with Crippen molar-refractivity contribution in [3.8, 4) is 11.5 Å². The summed E-state index contributed by atoms with van der Waals surface area (Å²) >= 11 is 1.42. The molecule has 2 rings (SSSR count). The van der Waals surface area contributed by atoms with Gasteiger partial charge in [-0.25, -0.2) is 4.79 Å². The molecule has 1 aromatic heterocycles. The zero-order valence-corrected chi connectivity index (χ0v) is 11.0. The normalized spacial score (nSPS) is 10.4. The number of fused-ring (bicyclic) bond motifs is 1. The Kier molecular flexibility index (Phi) is 3.69. The fraction of sp³-hybridized carbons (Fsp3) is 0.250. The molecule has 0 radical (unpaired) electrons. The van der Waals surface area contributed by atoms with Gasteiger partial charge in [0.15, 0.2) is 11.5 Å². The lowest BCUT2D eigenvalue weighted by Gasteiger charge is -2.07. The number of ether oxygens (including phenoxy) is 2. The zero-order valence-electron chi connectivity index (χ0n) is 10.2. The second-order valence-electron chi connectivity index (χ2n) is 3.39. The molecule has 0 amide bonds. The highest BCUT2D eigenvalue weighted by Crippen LogP contribution is 2.37. The van der Waals surface area contributed by atoms with Crippen LogP contribution in [0.2, 0.25) is 0 Å². The molecule has 5 nitrogen and oxygen atoms in total. The molecular weight excluding hydrogens is 256 g/mol. The summed E-state index contributed by atoms with van der Waals surface area (Å²) in [4.78, 5) is 20.6. The predicted octanol–water partition coefficient (Wildman–Crippen LogP) is 2.64. The van der Waals surface area contributed by atoms with Crippen LogP contribution in [0.5, 0.6) is 11.5 Å². The van der Waals surface area contributed by atoms with E-state index in [9.17, 15) is 4.79 Å². The van der Waals surface area contributed by atoms with E-state index in [-0.39, 0.29) is 0 Å². The van der Waals surface area contributed by atoms with Gasteiger partial charge in [0.05, 0.1) is 26.9 Å². The van der Waals surface area contributed by atoms with Gasteiger partial charge < -0.3 is 9.47 Å². The highest BCUT2D eigenvalue weighted by Gasteiger charge is 2.17. The van der Waals surface area contributed by atoms with Crippen LogP contribution in [0.1, 0.15) is 10.4 Å². The maximum atomic E-state index is 11.7. The van der Waals surface area contributed by atoms with Crippen molar-refractivity contribution in [3.05, 3.63) is 23.1 Å². The van der Waals surface area contributed by atoms with Gasteiger partial charge in [0.25, 0.3) is 0 Å². The number of carbonyl (C=O) groups excluding carboxylic acids is 1. The summed E-state index contributed by atoms with van der Waals surface area (Å²) in [7, 11) is 4.40. The van der Waals surface area contributed by atoms with Gasteiger partial charge in [-0.05, 0) is 6.07 Å². The SMILES string of the molecule is COOC(=O)c1csc2cc(OC)c(OC)cc12. The highest BCUT2D eigenvalue weighted by molar-refractivity contribution is 7.17. The second kappa shape index (κ2) is 5.24. The molecule has 0 bridgehead atoms. The van der Waals surface area contributed by atoms with Crippen LogP contribution in [0.25, 0.3) is 10.1 Å². The average molecular weight is 268 g/mol. The van der Waals surface area contributed by atoms with E-state index in [2.05, 4.69) is 9.78 Å². The molecule has 0 N–H and O–H groups in total. The Morgan fingerprint density at radius 3 is 2.39 bits per heavy atom. The monoisotopic (exact) mass is 268 g/mol. The summed E-state index contributed by atoms with van der Waals surface area (Å²) in [5.74, 6) is 0.657. The number of rotatable bonds is 4. The van der Waals surface area contributed by atoms with Crippen molar-refractivity contribution in [1.29, 1.82) is 0 Å². The molecular formula is C12H12O5S. The molecule has 1 heterocycles. The molecule has 0 atom stereocenters. The summed E-state index contributed by atoms with van der Waals surface area (Å²) < 4.78 is 11.3. The number of benzene rings is 1. The van der Waals surface area contributed by atoms with Gasteiger partial charge in [-0.1, -0.05) is 0 Å². The van der Waals surface area contributed by atoms with Crippen molar-refractivity contribution < 1.29 is 24.0 Å². The molecule has 18 heavy (non-hydrogen) atoms. The van der Waals surface area contributed by atoms with Gasteiger partial charge in [0, 0.05) is 21.5 Å². The Bertz CT molecular complexity index is 575. The summed E-state index contributed by atoms with van der Waals surface area (Å²) in [6.45, 7) is 0. The van der Waals surface area contributed by atoms with E-state index in [0.717, 1.165) is 10.1 Å². The van der Waals surface area contributed by atoms with E-state index in [0.29, 0.717) is 17.1 Å². The van der Waals surface area contributed by atoms with Gasteiger partial charge in [0.1, 0.15) is 0 Å². The van der Waals surface area contributed by atoms with E-state index in [4.69, 9.17) is 9.47 Å². The first-order valence-corrected chi connectivity index (χ1v) is 5.97. The molecule has 0 spiro atoms. The lowest BCUT2D eigenvalue weighted by atomic mass is 10.1. The Balaban J connectivity index is 2.55. The Hall–Kier alpha value is -1.79. The van der Waals surface area contributed by atoms with E-state index < -0.39 is 5.97 Å². The van der Waals surface area contributed by atoms with Gasteiger partial charge in [0.2, 0.25) is 0 Å². The first-order chi connectivity index (χ1) is 8.71. The number of thiophene rings is 1. The van der Waals surface area contributed by atoms with Crippen LogP contribution in [0, 0.1) is 0 Å². The van der Waals surface area contributed by atoms with E-state index in [1.165, 1.54) is 18.4 Å². The van der Waals surface area contributed by atoms with Crippen LogP contribution in [0.15, 0.2) is 17.5 Å². The third kappa shape index (κ3) is 2.12. The van der Waals surface area contributed by atoms with Crippen molar-refractivity contribution in [2.45, 2.75) is 0 Å². The summed E-state index contributed by atoms with van der Waals surface area (Å²) in [6.07, 6.45) is 0. The van der Waals surface area contributed by atoms with Crippen LogP contribution >= 0.6 is 11.3 Å². The fourth-order valence-electron chi connectivity index (χ4n) is 1.63. The molecule has 1 aromatic carbocycles. The number of methoxy groups -OCH3 is 2. The topological polar surface area (TPSA) is 54.0 Å². The van der Waals surface area contributed by atoms with Gasteiger partial charge in [-0.3, -0.25) is 4.89 Å². The lowest BCUT2D eigenvalue weighted by Crippen LogP contribution is -2.02. The molecule has 0 aliphatic rings. The van der Waals surface area contributed by atoms with Crippen LogP contribution in [-0.2, 0) is 9.78 Å². The van der Waals surface area contributed by atoms with E-state index >= 15 is 0 Å². The summed E-state index contributed by atoms with van der Waals surface area (Å²) in [5, 5.41) is 2.46. The third-order valence-electron chi connectivity index (χ3n) is 2.46. The lowest BCUT2D eigenvalue weighted by molar-refractivity contribution is -0.216. The minimum atomic E-state index is -0.532. The molecule has 6 heteroatoms. The Morgan fingerprint density at radius 2 is 1.78 bits per heavy atom. The van der Waals surface area contributed by atoms with Crippen molar-refractivity contribution in [2.24, 2.45) is 0 Å². The Morgan fingerprint density at radius 1 is 1.11 bits per heavy atom. The number of hydrogen-bond donors (Lipinski definition) is 0. The number of hydrogen-bond acceptors (Lipinski definition) is 6. The minimum Gasteiger partial charge on any atom is -0.493 e. The van der Waals surface area contributed by atoms with Gasteiger partial charge in [-0.15, -0.1) is 11.3 Å². The van der Waals surface area contributed by atoms with E-state index in [1.807, 2.05) is 6.07 Å². The van der Waals surface area contributed by atoms with E-state index in [1.54, 1.807) is 25.7 Å². The first kappa shape index (κ1) is 12.7. The maximum absolute atomic E-state index is 11.7. The molecule has 2 aromatic rings. The van der Waals surface area contributed by atoms with Crippen molar-refractivity contribution in [2.75, 3.05) is 21.3 Å². The van der Waals surface area contributed by atoms with Crippen molar-refractivity contribution in [3.63, 3.8) is 0 Å². The summed E-state index contributed by atoms with van der Waals surface area (Å²) in [5.41, 5.74) is 0.442. The quantitative estimate of drug-likeness (QED) is 0.630. The smallest absolute Gasteiger partial charge is 0.374 e. The number of carbonyl (C=O) groups is 1. The molecule has 0 saturated carbocycles. The van der Waals surface area contributed by atoms with Crippen molar-refractivity contribution in [1.82, 2.24) is 0 Å². The molecule has 96 valence electrons. The largest absolute Gasteiger partial charge is 0.493 e. The van der Waals surface area contributed by atoms with Crippen LogP contribution in [-0.4, -0.2) is 27.3 Å². The molecule has 0 fully saturated rings. The molecule has 0 aliphatic carbocycles. The highest BCUT2D eigenvalue weighted by atomic mass is 32.1. The fourth-order valence-corrected chi connectivity index (χ4v) is 2.57. The molecule has 0 aliphatic heterocycles. The second-order valence-corrected chi connectivity index (χ2v) is 4.30. The van der Waals surface area contributed by atoms with Gasteiger partial charge >= 0.3 is 5.97 Å². The third-order valence-corrected chi connectivity index (χ3v) is 3.40. The predicted molar refractivity (Wildman–Crippen MR) is 67.4 cm³/mol. The zero-order chi connectivity index (χ0) is 13.1. The average Bonchev–Trinajstić information content (AvgIpc) is 2.79. The standard InChI is InChI=1S/C12H12O5S/c1-14-9-4-7-8(12(13)17-16-3)6-18-11(7)5-10(9)15-2/h4-6H,1-3H3. The first-order valence-electron chi connectivity index (χ1n) is 5.09. The van der Waals surface area contributed by atoms with Crippen LogP contribution in [0.3, 0.4) is 0 Å². The van der Waals surface area contributed by atoms with Crippen molar-refractivity contribution >= 4 is 27.4 Å². The van der Waals surface area contributed by atoms with Crippen LogP contribution in [0.4, 0.5) is 0 Å². The summed E-state index contributed by atoms with van der Waals surface area (Å²) in [6, 6.07) is 3.57. The van der Waals surface area contributed by atoms with Gasteiger partial charge in [-0.2, -0.15) is 4.89 Å².